The van der Waals surface area contributed by atoms with Crippen LogP contribution in [0, 0.1) is 5.41 Å². The summed E-state index contributed by atoms with van der Waals surface area (Å²) in [5.41, 5.74) is 3.58. The number of hydrogen-bond donors (Lipinski definition) is 1. The van der Waals surface area contributed by atoms with E-state index in [-0.39, 0.29) is 12.0 Å². The van der Waals surface area contributed by atoms with Crippen molar-refractivity contribution in [1.29, 1.82) is 0 Å². The number of methoxy groups -OCH3 is 1. The quantitative estimate of drug-likeness (QED) is 0.490. The van der Waals surface area contributed by atoms with Crippen LogP contribution in [0.15, 0.2) is 47.4 Å². The van der Waals surface area contributed by atoms with Crippen LogP contribution in [0.1, 0.15) is 57.9 Å². The third kappa shape index (κ3) is 5.10. The van der Waals surface area contributed by atoms with Crippen molar-refractivity contribution >= 4 is 23.1 Å². The van der Waals surface area contributed by atoms with E-state index >= 15 is 0 Å². The Bertz CT molecular complexity index is 770. The zero-order valence-electron chi connectivity index (χ0n) is 18.1. The maximum absolute atomic E-state index is 9.84. The van der Waals surface area contributed by atoms with Crippen molar-refractivity contribution in [2.75, 3.05) is 24.3 Å². The minimum atomic E-state index is -0.000831. The molecule has 158 valence electrons. The molecule has 0 saturated carbocycles. The second-order valence-electron chi connectivity index (χ2n) is 8.21. The van der Waals surface area contributed by atoms with Gasteiger partial charge in [-0.2, -0.15) is 0 Å². The third-order valence-electron chi connectivity index (χ3n) is 6.04. The Balaban J connectivity index is 2.09. The highest BCUT2D eigenvalue weighted by atomic mass is 32.2. The molecule has 4 heteroatoms. The Hall–Kier alpha value is -1.65. The van der Waals surface area contributed by atoms with Gasteiger partial charge < -0.3 is 14.7 Å². The molecule has 3 nitrogen and oxygen atoms in total. The molecule has 0 aromatic heterocycles. The monoisotopic (exact) mass is 413 g/mol. The number of unbranched alkanes of at least 4 members (excludes halogenated alkanes) is 2. The number of nitrogens with zero attached hydrogens (tertiary/aromatic N) is 1. The number of aliphatic hydroxyl groups excluding tert-OH is 1. The molecule has 1 aliphatic rings. The van der Waals surface area contributed by atoms with Crippen molar-refractivity contribution in [3.05, 3.63) is 48.0 Å². The summed E-state index contributed by atoms with van der Waals surface area (Å²) in [7, 11) is 1.68. The number of ether oxygens (including phenoxy) is 1. The van der Waals surface area contributed by atoms with Crippen molar-refractivity contribution in [3.63, 3.8) is 0 Å². The molecule has 2 aromatic rings. The van der Waals surface area contributed by atoms with E-state index in [1.54, 1.807) is 7.11 Å². The highest BCUT2D eigenvalue weighted by molar-refractivity contribution is 7.99. The minimum Gasteiger partial charge on any atom is -0.496 e. The first-order chi connectivity index (χ1) is 14.2. The molecule has 0 unspecified atom stereocenters. The smallest absolute Gasteiger partial charge is 0.126 e. The summed E-state index contributed by atoms with van der Waals surface area (Å²) in [5.74, 6) is 1.89. The molecule has 0 atom stereocenters. The number of para-hydroxylation sites is 1. The molecule has 0 amide bonds. The lowest BCUT2D eigenvalue weighted by Crippen LogP contribution is -2.36. The molecule has 0 saturated heterocycles. The van der Waals surface area contributed by atoms with Gasteiger partial charge >= 0.3 is 0 Å². The van der Waals surface area contributed by atoms with Crippen LogP contribution in [0.25, 0.3) is 0 Å². The second kappa shape index (κ2) is 10.4. The zero-order valence-corrected chi connectivity index (χ0v) is 18.9. The summed E-state index contributed by atoms with van der Waals surface area (Å²) in [6.45, 7) is 5.61. The number of hydrogen-bond acceptors (Lipinski definition) is 4. The maximum Gasteiger partial charge on any atom is 0.126 e. The molecule has 2 aromatic carbocycles. The molecule has 0 spiro atoms. The van der Waals surface area contributed by atoms with Gasteiger partial charge in [0.15, 0.2) is 0 Å². The van der Waals surface area contributed by atoms with Gasteiger partial charge in [-0.25, -0.2) is 0 Å². The van der Waals surface area contributed by atoms with Gasteiger partial charge in [-0.05, 0) is 36.5 Å². The highest BCUT2D eigenvalue weighted by Crippen LogP contribution is 2.48. The number of aliphatic hydroxyl groups is 1. The molecule has 1 heterocycles. The molecule has 1 aliphatic heterocycles. The van der Waals surface area contributed by atoms with Gasteiger partial charge in [-0.3, -0.25) is 0 Å². The van der Waals surface area contributed by atoms with Gasteiger partial charge in [0, 0.05) is 34.5 Å². The van der Waals surface area contributed by atoms with Crippen molar-refractivity contribution < 1.29 is 9.84 Å². The predicted molar refractivity (Wildman–Crippen MR) is 125 cm³/mol. The summed E-state index contributed by atoms with van der Waals surface area (Å²) < 4.78 is 5.61. The van der Waals surface area contributed by atoms with Crippen molar-refractivity contribution in [1.82, 2.24) is 0 Å². The first-order valence-corrected chi connectivity index (χ1v) is 11.9. The number of thioether (sulfide) groups is 1. The molecule has 0 aliphatic carbocycles. The molecular formula is C25H35NO2S. The number of anilines is 2. The lowest BCUT2D eigenvalue weighted by Gasteiger charge is -2.37. The van der Waals surface area contributed by atoms with E-state index in [1.807, 2.05) is 11.8 Å². The van der Waals surface area contributed by atoms with Crippen LogP contribution in [0.4, 0.5) is 11.4 Å². The fraction of sp³-hybridized carbons (Fsp3) is 0.520. The second-order valence-corrected chi connectivity index (χ2v) is 9.22. The summed E-state index contributed by atoms with van der Waals surface area (Å²) in [6.07, 6.45) is 7.54. The van der Waals surface area contributed by atoms with Crippen molar-refractivity contribution in [3.8, 4) is 5.75 Å². The summed E-state index contributed by atoms with van der Waals surface area (Å²) in [4.78, 5) is 3.73. The summed E-state index contributed by atoms with van der Waals surface area (Å²) >= 11 is 1.96. The van der Waals surface area contributed by atoms with Gasteiger partial charge in [0.25, 0.3) is 0 Å². The van der Waals surface area contributed by atoms with Crippen LogP contribution < -0.4 is 9.64 Å². The standard InChI is InChI=1S/C25H35NO2S/c1-4-6-13-25(14-7-5-2)18-26(21-11-9-8-10-12-21)22-16-23(28-3)20(17-27)15-24(22)29-19-25/h8-12,15-16,27H,4-7,13-14,17-19H2,1-3H3. The lowest BCUT2D eigenvalue weighted by molar-refractivity contribution is 0.272. The van der Waals surface area contributed by atoms with E-state index in [4.69, 9.17) is 4.74 Å². The Labute approximate surface area is 180 Å². The third-order valence-corrected chi connectivity index (χ3v) is 7.43. The summed E-state index contributed by atoms with van der Waals surface area (Å²) in [6, 6.07) is 15.0. The van der Waals surface area contributed by atoms with Crippen molar-refractivity contribution in [2.45, 2.75) is 63.9 Å². The van der Waals surface area contributed by atoms with Gasteiger partial charge in [-0.15, -0.1) is 11.8 Å². The number of rotatable bonds is 9. The fourth-order valence-electron chi connectivity index (χ4n) is 4.30. The summed E-state index contributed by atoms with van der Waals surface area (Å²) in [5, 5.41) is 9.84. The first kappa shape index (κ1) is 22.0. The van der Waals surface area contributed by atoms with Gasteiger partial charge in [0.1, 0.15) is 5.75 Å². The van der Waals surface area contributed by atoms with Crippen molar-refractivity contribution in [2.24, 2.45) is 5.41 Å². The normalized spacial score (nSPS) is 15.7. The molecule has 0 bridgehead atoms. The van der Waals surface area contributed by atoms with E-state index in [2.05, 4.69) is 61.2 Å². The molecule has 0 fully saturated rings. The topological polar surface area (TPSA) is 32.7 Å². The fourth-order valence-corrected chi connectivity index (χ4v) is 5.68. The minimum absolute atomic E-state index is 0.000831. The van der Waals surface area contributed by atoms with E-state index in [0.29, 0.717) is 0 Å². The molecular weight excluding hydrogens is 378 g/mol. The van der Waals surface area contributed by atoms with Crippen LogP contribution in [0.3, 0.4) is 0 Å². The number of benzene rings is 2. The largest absolute Gasteiger partial charge is 0.496 e. The van der Waals surface area contributed by atoms with E-state index in [1.165, 1.54) is 54.8 Å². The SMILES string of the molecule is CCCCC1(CCCC)CSc2cc(CO)c(OC)cc2N(c2ccccc2)C1. The van der Waals surface area contributed by atoms with Crippen LogP contribution >= 0.6 is 11.8 Å². The van der Waals surface area contributed by atoms with E-state index < -0.39 is 0 Å². The van der Waals surface area contributed by atoms with Gasteiger partial charge in [-0.1, -0.05) is 57.7 Å². The maximum atomic E-state index is 9.84. The molecule has 29 heavy (non-hydrogen) atoms. The average Bonchev–Trinajstić information content (AvgIpc) is 2.93. The Morgan fingerprint density at radius 1 is 1.07 bits per heavy atom. The molecule has 0 radical (unpaired) electrons. The van der Waals surface area contributed by atoms with Gasteiger partial charge in [0.05, 0.1) is 19.4 Å². The average molecular weight is 414 g/mol. The van der Waals surface area contributed by atoms with E-state index in [0.717, 1.165) is 23.6 Å². The zero-order chi connectivity index (χ0) is 20.7. The Morgan fingerprint density at radius 3 is 2.34 bits per heavy atom. The predicted octanol–water partition coefficient (Wildman–Crippen LogP) is 6.80. The van der Waals surface area contributed by atoms with Gasteiger partial charge in [0.2, 0.25) is 0 Å². The van der Waals surface area contributed by atoms with E-state index in [9.17, 15) is 5.11 Å². The number of fused-ring (bicyclic) bond motifs is 1. The molecule has 1 N–H and O–H groups in total. The molecule has 3 rings (SSSR count). The highest BCUT2D eigenvalue weighted by Gasteiger charge is 2.36. The van der Waals surface area contributed by atoms with Crippen LogP contribution in [-0.4, -0.2) is 24.5 Å². The Kier molecular flexibility index (Phi) is 7.91. The van der Waals surface area contributed by atoms with Crippen LogP contribution in [0.2, 0.25) is 0 Å². The van der Waals surface area contributed by atoms with Crippen LogP contribution in [-0.2, 0) is 6.61 Å². The lowest BCUT2D eigenvalue weighted by atomic mass is 9.79. The first-order valence-electron chi connectivity index (χ1n) is 10.9. The van der Waals surface area contributed by atoms with Crippen LogP contribution in [0.5, 0.6) is 5.75 Å². The Morgan fingerprint density at radius 2 is 1.76 bits per heavy atom.